The van der Waals surface area contributed by atoms with Crippen molar-refractivity contribution in [2.24, 2.45) is 0 Å². The van der Waals surface area contributed by atoms with E-state index in [4.69, 9.17) is 4.42 Å². The summed E-state index contributed by atoms with van der Waals surface area (Å²) in [5.74, 6) is 0. The third kappa shape index (κ3) is 4.60. The van der Waals surface area contributed by atoms with E-state index in [1.165, 1.54) is 12.3 Å². The molecule has 2 aromatic rings. The molecule has 79 valence electrons. The van der Waals surface area contributed by atoms with Crippen molar-refractivity contribution in [3.63, 3.8) is 0 Å². The molecular weight excluding hydrogens is 303 g/mol. The van der Waals surface area contributed by atoms with Gasteiger partial charge in [-0.3, -0.25) is 0 Å². The van der Waals surface area contributed by atoms with Crippen LogP contribution in [0.1, 0.15) is 0 Å². The van der Waals surface area contributed by atoms with Crippen LogP contribution < -0.4 is 0 Å². The molecule has 1 aromatic heterocycles. The number of hydrogen-bond acceptors (Lipinski definition) is 2. The van der Waals surface area contributed by atoms with Gasteiger partial charge in [0.05, 0.1) is 0 Å². The van der Waals surface area contributed by atoms with Gasteiger partial charge in [0.1, 0.15) is 6.39 Å². The number of aromatic nitrogens is 1. The Morgan fingerprint density at radius 1 is 1.21 bits per heavy atom. The van der Waals surface area contributed by atoms with E-state index in [1.807, 2.05) is 24.3 Å². The Kier molecular flexibility index (Phi) is 8.58. The maximum atomic E-state index is 4.88. The van der Waals surface area contributed by atoms with Crippen molar-refractivity contribution < 1.29 is 23.9 Å². The summed E-state index contributed by atoms with van der Waals surface area (Å²) in [7, 11) is 5.27. The molecule has 1 aromatic carbocycles. The van der Waals surface area contributed by atoms with Gasteiger partial charge in [0.2, 0.25) is 0 Å². The monoisotopic (exact) mass is 315 g/mol. The fraction of sp³-hybridized carbons (Fsp3) is 0.222. The van der Waals surface area contributed by atoms with Crippen molar-refractivity contribution >= 4 is 29.6 Å². The topological polar surface area (TPSA) is 26.0 Å². The molecule has 0 saturated heterocycles. The molecule has 0 spiro atoms. The van der Waals surface area contributed by atoms with Gasteiger partial charge >= 0.3 is 0 Å². The number of fused-ring (bicyclic) bond motifs is 1. The standard InChI is InChI=1S/C7H4NO.C2H8P2.Rh/c1-2-4-7-6(3-1)8-5-9-7;3-1-2-4;/h1-4H;1-4H2;/q-1;;. The second-order valence-corrected chi connectivity index (χ2v) is 3.50. The van der Waals surface area contributed by atoms with Crippen LogP contribution in [0, 0.1) is 6.39 Å². The summed E-state index contributed by atoms with van der Waals surface area (Å²) >= 11 is 0. The van der Waals surface area contributed by atoms with Crippen molar-refractivity contribution in [1.82, 2.24) is 4.98 Å². The minimum absolute atomic E-state index is 0. The molecule has 0 aliphatic carbocycles. The minimum atomic E-state index is 0. The van der Waals surface area contributed by atoms with Crippen molar-refractivity contribution in [1.29, 1.82) is 0 Å². The van der Waals surface area contributed by atoms with Gasteiger partial charge in [-0.15, -0.1) is 24.5 Å². The molecule has 2 unspecified atom stereocenters. The van der Waals surface area contributed by atoms with Crippen LogP contribution in [0.3, 0.4) is 0 Å². The smallest absolute Gasteiger partial charge is 0.103 e. The molecule has 0 bridgehead atoms. The molecule has 1 heterocycles. The largest absolute Gasteiger partial charge is 0.573 e. The van der Waals surface area contributed by atoms with E-state index in [9.17, 15) is 0 Å². The summed E-state index contributed by atoms with van der Waals surface area (Å²) in [5, 5.41) is 0. The first-order chi connectivity index (χ1) is 6.38. The molecule has 0 aliphatic rings. The summed E-state index contributed by atoms with van der Waals surface area (Å²) in [6, 6.07) is 7.56. The van der Waals surface area contributed by atoms with Gasteiger partial charge in [-0.2, -0.15) is 0 Å². The van der Waals surface area contributed by atoms with Gasteiger partial charge in [-0.05, 0) is 23.4 Å². The third-order valence-electron chi connectivity index (χ3n) is 1.35. The van der Waals surface area contributed by atoms with Gasteiger partial charge in [0.25, 0.3) is 0 Å². The van der Waals surface area contributed by atoms with Gasteiger partial charge in [0, 0.05) is 19.5 Å². The Bertz CT molecular complexity index is 321. The predicted molar refractivity (Wildman–Crippen MR) is 62.0 cm³/mol. The molecule has 2 nitrogen and oxygen atoms in total. The zero-order valence-corrected chi connectivity index (χ0v) is 11.5. The van der Waals surface area contributed by atoms with Crippen LogP contribution in [0.25, 0.3) is 11.1 Å². The maximum absolute atomic E-state index is 4.88. The van der Waals surface area contributed by atoms with Crippen LogP contribution in [0.2, 0.25) is 0 Å². The summed E-state index contributed by atoms with van der Waals surface area (Å²) in [6.07, 6.45) is 4.81. The molecule has 14 heavy (non-hydrogen) atoms. The summed E-state index contributed by atoms with van der Waals surface area (Å²) in [4.78, 5) is 3.83. The number of para-hydroxylation sites is 2. The van der Waals surface area contributed by atoms with Gasteiger partial charge in [0.15, 0.2) is 0 Å². The van der Waals surface area contributed by atoms with Crippen LogP contribution in [0.5, 0.6) is 0 Å². The van der Waals surface area contributed by atoms with E-state index in [0.717, 1.165) is 11.1 Å². The second-order valence-electron chi connectivity index (χ2n) is 2.35. The Morgan fingerprint density at radius 3 is 2.43 bits per heavy atom. The molecule has 5 heteroatoms. The van der Waals surface area contributed by atoms with Gasteiger partial charge in [-0.25, -0.2) is 0 Å². The van der Waals surface area contributed by atoms with Crippen molar-refractivity contribution in [3.05, 3.63) is 30.7 Å². The molecule has 0 saturated carbocycles. The van der Waals surface area contributed by atoms with Crippen LogP contribution >= 0.6 is 18.5 Å². The molecular formula is C9H12NOP2Rh-. The number of rotatable bonds is 1. The van der Waals surface area contributed by atoms with E-state index in [0.29, 0.717) is 0 Å². The molecule has 1 radical (unpaired) electrons. The first-order valence-electron chi connectivity index (χ1n) is 4.00. The van der Waals surface area contributed by atoms with E-state index >= 15 is 0 Å². The molecule has 0 fully saturated rings. The minimum Gasteiger partial charge on any atom is -0.573 e. The Labute approximate surface area is 101 Å². The summed E-state index contributed by atoms with van der Waals surface area (Å²) in [5.41, 5.74) is 1.65. The SMILES string of the molecule is PCCP.[Rh].[c-]1nc2ccccc2o1. The molecule has 0 amide bonds. The predicted octanol–water partition coefficient (Wildman–Crippen LogP) is 2.36. The number of nitrogens with zero attached hydrogens (tertiary/aromatic N) is 1. The fourth-order valence-electron chi connectivity index (χ4n) is 0.757. The number of benzene rings is 1. The maximum Gasteiger partial charge on any atom is 0.103 e. The first-order valence-corrected chi connectivity index (χ1v) is 5.63. The van der Waals surface area contributed by atoms with Crippen LogP contribution in [-0.4, -0.2) is 17.3 Å². The quantitative estimate of drug-likeness (QED) is 0.459. The van der Waals surface area contributed by atoms with Crippen LogP contribution in [-0.2, 0) is 19.5 Å². The van der Waals surface area contributed by atoms with Crippen LogP contribution in [0.15, 0.2) is 28.7 Å². The Balaban J connectivity index is 0.000000299. The molecule has 0 aliphatic heterocycles. The second kappa shape index (κ2) is 8.48. The average molecular weight is 315 g/mol. The zero-order valence-electron chi connectivity index (χ0n) is 7.57. The molecule has 2 atom stereocenters. The van der Waals surface area contributed by atoms with E-state index in [1.54, 1.807) is 0 Å². The average Bonchev–Trinajstić information content (AvgIpc) is 2.66. The van der Waals surface area contributed by atoms with Crippen molar-refractivity contribution in [2.45, 2.75) is 0 Å². The zero-order chi connectivity index (χ0) is 9.52. The molecule has 2 rings (SSSR count). The Hall–Kier alpha value is 0.173. The summed E-state index contributed by atoms with van der Waals surface area (Å²) < 4.78 is 4.88. The normalized spacial score (nSPS) is 8.71. The number of oxazole rings is 1. The van der Waals surface area contributed by atoms with Gasteiger partial charge in [-0.1, -0.05) is 18.2 Å². The van der Waals surface area contributed by atoms with Crippen molar-refractivity contribution in [2.75, 3.05) is 12.3 Å². The Morgan fingerprint density at radius 2 is 1.86 bits per heavy atom. The van der Waals surface area contributed by atoms with Gasteiger partial charge < -0.3 is 9.40 Å². The first kappa shape index (κ1) is 14.2. The third-order valence-corrected chi connectivity index (χ3v) is 2.69. The fourth-order valence-corrected chi connectivity index (χ4v) is 0.757. The van der Waals surface area contributed by atoms with E-state index in [-0.39, 0.29) is 19.5 Å². The summed E-state index contributed by atoms with van der Waals surface area (Å²) in [6.45, 7) is 0. The van der Waals surface area contributed by atoms with Crippen LogP contribution in [0.4, 0.5) is 0 Å². The number of hydrogen-bond donors (Lipinski definition) is 0. The van der Waals surface area contributed by atoms with Crippen molar-refractivity contribution in [3.8, 4) is 0 Å². The molecule has 0 N–H and O–H groups in total. The van der Waals surface area contributed by atoms with E-state index in [2.05, 4.69) is 29.9 Å². The van der Waals surface area contributed by atoms with E-state index < -0.39 is 0 Å².